The first-order valence-electron chi connectivity index (χ1n) is 6.69. The molecule has 0 atom stereocenters. The summed E-state index contributed by atoms with van der Waals surface area (Å²) in [5, 5.41) is 25.4. The van der Waals surface area contributed by atoms with Gasteiger partial charge in [-0.3, -0.25) is 10.9 Å². The average molecular weight is 306 g/mol. The number of carboxylic acids is 2. The van der Waals surface area contributed by atoms with Crippen molar-refractivity contribution in [2.24, 2.45) is 10.2 Å². The molecule has 0 spiro atoms. The Kier molecular flexibility index (Phi) is 6.55. The van der Waals surface area contributed by atoms with Gasteiger partial charge >= 0.3 is 11.9 Å². The van der Waals surface area contributed by atoms with Crippen LogP contribution in [0.3, 0.4) is 0 Å². The molecule has 0 aromatic heterocycles. The van der Waals surface area contributed by atoms with E-state index in [1.165, 1.54) is 0 Å². The first-order chi connectivity index (χ1) is 10.5. The Morgan fingerprint density at radius 3 is 1.68 bits per heavy atom. The van der Waals surface area contributed by atoms with Gasteiger partial charge in [-0.05, 0) is 31.0 Å². The lowest BCUT2D eigenvalue weighted by molar-refractivity contribution is -0.130. The quantitative estimate of drug-likeness (QED) is 0.431. The van der Waals surface area contributed by atoms with Crippen LogP contribution in [0.25, 0.3) is 0 Å². The Hall–Kier alpha value is -2.90. The first kappa shape index (κ1) is 17.2. The molecule has 118 valence electrons. The molecule has 0 saturated carbocycles. The molecule has 0 radical (unpaired) electrons. The van der Waals surface area contributed by atoms with Crippen molar-refractivity contribution in [2.75, 3.05) is 10.9 Å². The zero-order valence-electron chi connectivity index (χ0n) is 12.3. The minimum absolute atomic E-state index is 0.00975. The van der Waals surface area contributed by atoms with E-state index in [1.807, 2.05) is 0 Å². The number of nitrogens with one attached hydrogen (secondary N) is 2. The lowest BCUT2D eigenvalue weighted by atomic mass is 10.3. The van der Waals surface area contributed by atoms with E-state index in [2.05, 4.69) is 21.1 Å². The highest BCUT2D eigenvalue weighted by atomic mass is 16.4. The highest BCUT2D eigenvalue weighted by Gasteiger charge is 2.07. The molecule has 1 aromatic carbocycles. The average Bonchev–Trinajstić information content (AvgIpc) is 2.48. The van der Waals surface area contributed by atoms with Gasteiger partial charge in [0.1, 0.15) is 11.4 Å². The van der Waals surface area contributed by atoms with E-state index in [9.17, 15) is 9.59 Å². The van der Waals surface area contributed by atoms with Crippen LogP contribution in [0.15, 0.2) is 34.5 Å². The van der Waals surface area contributed by atoms with Crippen molar-refractivity contribution in [2.45, 2.75) is 26.7 Å². The second kappa shape index (κ2) is 8.40. The topological polar surface area (TPSA) is 123 Å². The standard InChI is InChI=1S/C14H18N4O4/c1-3-11(13(19)20)17-15-9-6-5-7-10(8-9)16-18-12(4-2)14(21)22/h5-8,15-16H,3-4H2,1-2H3,(H,19,20)(H,21,22). The molecule has 1 rings (SSSR count). The van der Waals surface area contributed by atoms with Crippen LogP contribution < -0.4 is 10.9 Å². The Morgan fingerprint density at radius 1 is 0.955 bits per heavy atom. The number of carboxylic acid groups (broad SMARTS) is 2. The van der Waals surface area contributed by atoms with E-state index in [0.717, 1.165) is 0 Å². The van der Waals surface area contributed by atoms with Gasteiger partial charge in [0.15, 0.2) is 0 Å². The number of aliphatic carboxylic acids is 2. The van der Waals surface area contributed by atoms with Crippen LogP contribution in [-0.4, -0.2) is 33.6 Å². The van der Waals surface area contributed by atoms with E-state index < -0.39 is 11.9 Å². The Balaban J connectivity index is 2.82. The highest BCUT2D eigenvalue weighted by Crippen LogP contribution is 2.15. The monoisotopic (exact) mass is 306 g/mol. The maximum Gasteiger partial charge on any atom is 0.352 e. The predicted molar refractivity (Wildman–Crippen MR) is 84.4 cm³/mol. The van der Waals surface area contributed by atoms with Gasteiger partial charge in [0.25, 0.3) is 0 Å². The van der Waals surface area contributed by atoms with Crippen molar-refractivity contribution < 1.29 is 19.8 Å². The van der Waals surface area contributed by atoms with Gasteiger partial charge in [-0.1, -0.05) is 19.9 Å². The molecular formula is C14H18N4O4. The second-order valence-corrected chi connectivity index (χ2v) is 4.24. The summed E-state index contributed by atoms with van der Waals surface area (Å²) in [6.45, 7) is 3.39. The minimum atomic E-state index is -1.08. The molecule has 0 aliphatic rings. The van der Waals surface area contributed by atoms with E-state index in [4.69, 9.17) is 10.2 Å². The SMILES string of the molecule is CCC(=NNc1cccc(NN=C(CC)C(=O)O)c1)C(=O)O. The van der Waals surface area contributed by atoms with E-state index in [-0.39, 0.29) is 11.4 Å². The van der Waals surface area contributed by atoms with Crippen LogP contribution in [0, 0.1) is 0 Å². The maximum absolute atomic E-state index is 10.8. The normalized spacial score (nSPS) is 11.9. The Morgan fingerprint density at radius 2 is 1.36 bits per heavy atom. The van der Waals surface area contributed by atoms with E-state index in [0.29, 0.717) is 24.2 Å². The summed E-state index contributed by atoms with van der Waals surface area (Å²) in [4.78, 5) is 21.7. The summed E-state index contributed by atoms with van der Waals surface area (Å²) < 4.78 is 0. The van der Waals surface area contributed by atoms with Crippen molar-refractivity contribution in [3.63, 3.8) is 0 Å². The van der Waals surface area contributed by atoms with Crippen molar-refractivity contribution in [1.82, 2.24) is 0 Å². The zero-order chi connectivity index (χ0) is 16.5. The number of carbonyl (C=O) groups is 2. The van der Waals surface area contributed by atoms with Crippen molar-refractivity contribution in [1.29, 1.82) is 0 Å². The van der Waals surface area contributed by atoms with Gasteiger partial charge in [0.05, 0.1) is 11.4 Å². The molecule has 0 aliphatic heterocycles. The third kappa shape index (κ3) is 5.23. The van der Waals surface area contributed by atoms with Crippen molar-refractivity contribution >= 4 is 34.7 Å². The van der Waals surface area contributed by atoms with Crippen LogP contribution >= 0.6 is 0 Å². The molecule has 0 bridgehead atoms. The number of anilines is 2. The van der Waals surface area contributed by atoms with Crippen molar-refractivity contribution in [3.05, 3.63) is 24.3 Å². The summed E-state index contributed by atoms with van der Waals surface area (Å²) in [6.07, 6.45) is 0.589. The van der Waals surface area contributed by atoms with Crippen molar-refractivity contribution in [3.8, 4) is 0 Å². The molecule has 4 N–H and O–H groups in total. The van der Waals surface area contributed by atoms with E-state index >= 15 is 0 Å². The summed E-state index contributed by atoms with van der Waals surface area (Å²) >= 11 is 0. The van der Waals surface area contributed by atoms with Crippen LogP contribution in [0.2, 0.25) is 0 Å². The fourth-order valence-electron chi connectivity index (χ4n) is 1.48. The third-order valence-corrected chi connectivity index (χ3v) is 2.67. The van der Waals surface area contributed by atoms with Crippen LogP contribution in [0.1, 0.15) is 26.7 Å². The van der Waals surface area contributed by atoms with Gasteiger partial charge < -0.3 is 10.2 Å². The molecule has 1 aromatic rings. The van der Waals surface area contributed by atoms with Crippen LogP contribution in [0.5, 0.6) is 0 Å². The number of nitrogens with zero attached hydrogens (tertiary/aromatic N) is 2. The molecule has 0 aliphatic carbocycles. The van der Waals surface area contributed by atoms with Gasteiger partial charge in [-0.25, -0.2) is 9.59 Å². The Labute approximate surface area is 127 Å². The number of hydrogen-bond acceptors (Lipinski definition) is 6. The van der Waals surface area contributed by atoms with E-state index in [1.54, 1.807) is 38.1 Å². The number of benzene rings is 1. The molecule has 22 heavy (non-hydrogen) atoms. The predicted octanol–water partition coefficient (Wildman–Crippen LogP) is 2.21. The fourth-order valence-corrected chi connectivity index (χ4v) is 1.48. The smallest absolute Gasteiger partial charge is 0.352 e. The molecule has 0 saturated heterocycles. The molecule has 0 amide bonds. The molecule has 0 fully saturated rings. The molecule has 8 nitrogen and oxygen atoms in total. The van der Waals surface area contributed by atoms with Gasteiger partial charge in [0.2, 0.25) is 0 Å². The largest absolute Gasteiger partial charge is 0.477 e. The number of hydrogen-bond donors (Lipinski definition) is 4. The fraction of sp³-hybridized carbons (Fsp3) is 0.286. The highest BCUT2D eigenvalue weighted by molar-refractivity contribution is 6.36. The van der Waals surface area contributed by atoms with Crippen LogP contribution in [-0.2, 0) is 9.59 Å². The summed E-state index contributed by atoms with van der Waals surface area (Å²) in [6, 6.07) is 6.74. The lowest BCUT2D eigenvalue weighted by Gasteiger charge is -2.06. The summed E-state index contributed by atoms with van der Waals surface area (Å²) in [7, 11) is 0. The number of hydrazone groups is 2. The van der Waals surface area contributed by atoms with Crippen LogP contribution in [0.4, 0.5) is 11.4 Å². The maximum atomic E-state index is 10.8. The van der Waals surface area contributed by atoms with Gasteiger partial charge in [0, 0.05) is 0 Å². The molecule has 8 heteroatoms. The molecular weight excluding hydrogens is 288 g/mol. The lowest BCUT2D eigenvalue weighted by Crippen LogP contribution is -2.14. The van der Waals surface area contributed by atoms with Gasteiger partial charge in [-0.2, -0.15) is 10.2 Å². The third-order valence-electron chi connectivity index (χ3n) is 2.67. The minimum Gasteiger partial charge on any atom is -0.477 e. The van der Waals surface area contributed by atoms with Gasteiger partial charge in [-0.15, -0.1) is 0 Å². The second-order valence-electron chi connectivity index (χ2n) is 4.24. The Bertz CT molecular complexity index is 561. The first-order valence-corrected chi connectivity index (χ1v) is 6.69. The molecule has 0 heterocycles. The summed E-state index contributed by atoms with van der Waals surface area (Å²) in [5.41, 5.74) is 6.42. The molecule has 0 unspecified atom stereocenters. The number of rotatable bonds is 8. The summed E-state index contributed by atoms with van der Waals surface area (Å²) in [5.74, 6) is -2.16. The zero-order valence-corrected chi connectivity index (χ0v) is 12.3.